The normalized spacial score (nSPS) is 18.5. The zero-order valence-electron chi connectivity index (χ0n) is 15.9. The predicted molar refractivity (Wildman–Crippen MR) is 109 cm³/mol. The van der Waals surface area contributed by atoms with Crippen LogP contribution in [0.25, 0.3) is 6.08 Å². The predicted octanol–water partition coefficient (Wildman–Crippen LogP) is 2.47. The van der Waals surface area contributed by atoms with Gasteiger partial charge in [-0.15, -0.1) is 13.2 Å². The number of alkyl halides is 3. The Hall–Kier alpha value is -3.25. The molecule has 0 bridgehead atoms. The van der Waals surface area contributed by atoms with E-state index in [0.29, 0.717) is 43.5 Å². The van der Waals surface area contributed by atoms with Crippen LogP contribution in [-0.2, 0) is 9.53 Å². The highest BCUT2D eigenvalue weighted by atomic mass is 32.1. The number of morpholine rings is 1. The molecule has 0 atom stereocenters. The summed E-state index contributed by atoms with van der Waals surface area (Å²) in [4.78, 5) is 24.6. The molecule has 3 heterocycles. The van der Waals surface area contributed by atoms with Gasteiger partial charge in [-0.25, -0.2) is 9.97 Å². The minimum Gasteiger partial charge on any atom is -0.406 e. The lowest BCUT2D eigenvalue weighted by atomic mass is 10.2. The Morgan fingerprint density at radius 3 is 2.39 bits per heavy atom. The van der Waals surface area contributed by atoms with Crippen LogP contribution < -0.4 is 19.9 Å². The summed E-state index contributed by atoms with van der Waals surface area (Å²) in [5.74, 6) is -0.267. The molecule has 1 amide bonds. The van der Waals surface area contributed by atoms with Gasteiger partial charge < -0.3 is 19.7 Å². The van der Waals surface area contributed by atoms with Gasteiger partial charge in [0.05, 0.1) is 18.9 Å². The van der Waals surface area contributed by atoms with Crippen LogP contribution in [0.2, 0.25) is 0 Å². The minimum atomic E-state index is -4.79. The van der Waals surface area contributed by atoms with E-state index in [4.69, 9.17) is 17.0 Å². The molecule has 8 nitrogen and oxygen atoms in total. The number of anilines is 2. The third-order valence-corrected chi connectivity index (χ3v) is 4.75. The lowest BCUT2D eigenvalue weighted by Gasteiger charge is -2.26. The van der Waals surface area contributed by atoms with Crippen molar-refractivity contribution in [2.75, 3.05) is 36.1 Å². The number of hydrogen-bond donors (Lipinski definition) is 1. The summed E-state index contributed by atoms with van der Waals surface area (Å²) >= 11 is 5.21. The molecule has 0 spiro atoms. The lowest BCUT2D eigenvalue weighted by Crippen LogP contribution is -2.37. The number of ether oxygens (including phenoxy) is 2. The van der Waals surface area contributed by atoms with Gasteiger partial charge >= 0.3 is 6.36 Å². The maximum Gasteiger partial charge on any atom is 0.573 e. The van der Waals surface area contributed by atoms with E-state index in [-0.39, 0.29) is 10.8 Å². The van der Waals surface area contributed by atoms with Crippen molar-refractivity contribution in [1.29, 1.82) is 0 Å². The largest absolute Gasteiger partial charge is 0.573 e. The van der Waals surface area contributed by atoms with Gasteiger partial charge in [-0.05, 0) is 42.6 Å². The van der Waals surface area contributed by atoms with E-state index in [1.165, 1.54) is 17.0 Å². The van der Waals surface area contributed by atoms with Crippen molar-refractivity contribution < 1.29 is 27.4 Å². The number of amides is 1. The zero-order chi connectivity index (χ0) is 22.0. The van der Waals surface area contributed by atoms with Crippen LogP contribution >= 0.6 is 12.2 Å². The van der Waals surface area contributed by atoms with Crippen LogP contribution in [-0.4, -0.2) is 53.7 Å². The van der Waals surface area contributed by atoms with Crippen LogP contribution in [0.1, 0.15) is 5.56 Å². The molecule has 0 aliphatic carbocycles. The summed E-state index contributed by atoms with van der Waals surface area (Å²) in [7, 11) is 0. The minimum absolute atomic E-state index is 0.103. The van der Waals surface area contributed by atoms with Crippen LogP contribution in [0.3, 0.4) is 0 Å². The van der Waals surface area contributed by atoms with E-state index in [2.05, 4.69) is 20.0 Å². The van der Waals surface area contributed by atoms with Crippen LogP contribution in [0, 0.1) is 0 Å². The van der Waals surface area contributed by atoms with E-state index < -0.39 is 18.0 Å². The Balaban J connectivity index is 1.48. The highest BCUT2D eigenvalue weighted by Crippen LogP contribution is 2.27. The van der Waals surface area contributed by atoms with E-state index in [1.807, 2.05) is 4.90 Å². The molecule has 2 aliphatic rings. The van der Waals surface area contributed by atoms with Crippen molar-refractivity contribution in [3.05, 3.63) is 47.9 Å². The number of hydrogen-bond acceptors (Lipinski definition) is 7. The van der Waals surface area contributed by atoms with Gasteiger partial charge in [-0.2, -0.15) is 0 Å². The molecular weight excluding hydrogens is 435 g/mol. The second-order valence-corrected chi connectivity index (χ2v) is 6.97. The number of nitrogens with one attached hydrogen (secondary N) is 1. The summed E-state index contributed by atoms with van der Waals surface area (Å²) in [6, 6.07) is 4.85. The first kappa shape index (κ1) is 21.0. The molecule has 162 valence electrons. The number of aromatic nitrogens is 2. The molecule has 1 N–H and O–H groups in total. The molecule has 0 unspecified atom stereocenters. The highest BCUT2D eigenvalue weighted by Gasteiger charge is 2.33. The molecule has 0 radical (unpaired) electrons. The molecule has 31 heavy (non-hydrogen) atoms. The van der Waals surface area contributed by atoms with Crippen LogP contribution in [0.5, 0.6) is 5.75 Å². The van der Waals surface area contributed by atoms with Crippen molar-refractivity contribution in [3.8, 4) is 5.75 Å². The van der Waals surface area contributed by atoms with E-state index >= 15 is 0 Å². The topological polar surface area (TPSA) is 79.8 Å². The zero-order valence-corrected chi connectivity index (χ0v) is 16.7. The third kappa shape index (κ3) is 4.91. The van der Waals surface area contributed by atoms with Crippen molar-refractivity contribution in [1.82, 2.24) is 15.3 Å². The second-order valence-electron chi connectivity index (χ2n) is 6.59. The maximum atomic E-state index is 12.8. The van der Waals surface area contributed by atoms with Gasteiger partial charge in [0.2, 0.25) is 5.95 Å². The number of carbonyl (C=O) groups excluding carboxylic acids is 1. The summed E-state index contributed by atoms with van der Waals surface area (Å²) in [5, 5.41) is 2.91. The standard InChI is InChI=1S/C19H16F3N5O3S/c20-19(21,22)30-14-3-1-13(2-4-14)27-16(28)15(25-18(27)31)9-12-10-23-17(24-11-12)26-5-7-29-8-6-26/h1-4,9-11H,5-8H2,(H,25,31)/b15-9-. The Morgan fingerprint density at radius 1 is 1.13 bits per heavy atom. The monoisotopic (exact) mass is 451 g/mol. The molecule has 2 saturated heterocycles. The van der Waals surface area contributed by atoms with Gasteiger partial charge in [-0.1, -0.05) is 0 Å². The fourth-order valence-corrected chi connectivity index (χ4v) is 3.36. The molecule has 0 saturated carbocycles. The average Bonchev–Trinajstić information content (AvgIpc) is 3.02. The summed E-state index contributed by atoms with van der Waals surface area (Å²) in [5.41, 5.74) is 1.09. The van der Waals surface area contributed by atoms with Gasteiger partial charge in [0.15, 0.2) is 5.11 Å². The van der Waals surface area contributed by atoms with Gasteiger partial charge in [0.1, 0.15) is 11.4 Å². The smallest absolute Gasteiger partial charge is 0.406 e. The quantitative estimate of drug-likeness (QED) is 0.561. The van der Waals surface area contributed by atoms with E-state index in [1.54, 1.807) is 18.5 Å². The van der Waals surface area contributed by atoms with Gasteiger partial charge in [-0.3, -0.25) is 9.69 Å². The maximum absolute atomic E-state index is 12.8. The lowest BCUT2D eigenvalue weighted by molar-refractivity contribution is -0.274. The molecule has 2 aromatic rings. The molecule has 1 aromatic carbocycles. The first-order valence-corrected chi connectivity index (χ1v) is 9.59. The number of benzene rings is 1. The molecule has 4 rings (SSSR count). The molecule has 2 aliphatic heterocycles. The number of carbonyl (C=O) groups is 1. The second kappa shape index (κ2) is 8.47. The first-order valence-electron chi connectivity index (χ1n) is 9.18. The fraction of sp³-hybridized carbons (Fsp3) is 0.263. The molecular formula is C19H16F3N5O3S. The third-order valence-electron chi connectivity index (χ3n) is 4.47. The highest BCUT2D eigenvalue weighted by molar-refractivity contribution is 7.80. The fourth-order valence-electron chi connectivity index (χ4n) is 3.07. The number of nitrogens with zero attached hydrogens (tertiary/aromatic N) is 4. The Morgan fingerprint density at radius 2 is 1.77 bits per heavy atom. The summed E-state index contributed by atoms with van der Waals surface area (Å²) in [6.45, 7) is 2.64. The first-order chi connectivity index (χ1) is 14.8. The van der Waals surface area contributed by atoms with Crippen LogP contribution in [0.15, 0.2) is 42.4 Å². The number of thiocarbonyl (C=S) groups is 1. The Bertz CT molecular complexity index is 1010. The molecule has 2 fully saturated rings. The van der Waals surface area contributed by atoms with Crippen molar-refractivity contribution >= 4 is 40.9 Å². The number of halogens is 3. The van der Waals surface area contributed by atoms with Gasteiger partial charge in [0, 0.05) is 31.0 Å². The van der Waals surface area contributed by atoms with Crippen molar-refractivity contribution in [2.45, 2.75) is 6.36 Å². The van der Waals surface area contributed by atoms with E-state index in [9.17, 15) is 18.0 Å². The van der Waals surface area contributed by atoms with Crippen molar-refractivity contribution in [2.24, 2.45) is 0 Å². The summed E-state index contributed by atoms with van der Waals surface area (Å²) in [6.07, 6.45) is -0.0561. The number of rotatable bonds is 4. The van der Waals surface area contributed by atoms with E-state index in [0.717, 1.165) is 12.1 Å². The Kier molecular flexibility index (Phi) is 5.74. The van der Waals surface area contributed by atoms with Crippen molar-refractivity contribution in [3.63, 3.8) is 0 Å². The van der Waals surface area contributed by atoms with Crippen LogP contribution in [0.4, 0.5) is 24.8 Å². The molecule has 12 heteroatoms. The SMILES string of the molecule is O=C1/C(=C/c2cnc(N3CCOCC3)nc2)NC(=S)N1c1ccc(OC(F)(F)F)cc1. The Labute approximate surface area is 180 Å². The van der Waals surface area contributed by atoms with Gasteiger partial charge in [0.25, 0.3) is 5.91 Å². The average molecular weight is 451 g/mol. The molecule has 1 aromatic heterocycles. The summed E-state index contributed by atoms with van der Waals surface area (Å²) < 4.78 is 46.1.